The second kappa shape index (κ2) is 4.44. The van der Waals surface area contributed by atoms with Gasteiger partial charge in [0.1, 0.15) is 5.82 Å². The first-order chi connectivity index (χ1) is 8.84. The molecule has 0 fully saturated rings. The maximum absolute atomic E-state index is 4.51. The number of hydrogen-bond donors (Lipinski definition) is 1. The normalized spacial score (nSPS) is 10.7. The summed E-state index contributed by atoms with van der Waals surface area (Å²) < 4.78 is 1.89. The van der Waals surface area contributed by atoms with Crippen LogP contribution >= 0.6 is 0 Å². The first-order valence-corrected chi connectivity index (χ1v) is 5.75. The smallest absolute Gasteiger partial charge is 0.144 e. The molecule has 0 saturated heterocycles. The molecule has 18 heavy (non-hydrogen) atoms. The summed E-state index contributed by atoms with van der Waals surface area (Å²) in [5.74, 6) is 0.757. The Kier molecular flexibility index (Phi) is 2.64. The second-order valence-electron chi connectivity index (χ2n) is 4.03. The van der Waals surface area contributed by atoms with Gasteiger partial charge in [0.25, 0.3) is 0 Å². The number of nitrogens with one attached hydrogen (secondary N) is 1. The summed E-state index contributed by atoms with van der Waals surface area (Å²) in [4.78, 5) is 8.19. The largest absolute Gasteiger partial charge is 0.363 e. The lowest BCUT2D eigenvalue weighted by Crippen LogP contribution is -2.03. The molecule has 0 radical (unpaired) electrons. The molecule has 5 nitrogen and oxygen atoms in total. The van der Waals surface area contributed by atoms with Gasteiger partial charge in [-0.05, 0) is 6.07 Å². The topological polar surface area (TPSA) is 55.6 Å². The van der Waals surface area contributed by atoms with Crippen molar-refractivity contribution in [3.05, 3.63) is 48.5 Å². The Morgan fingerprint density at radius 2 is 2.11 bits per heavy atom. The van der Waals surface area contributed by atoms with Crippen LogP contribution in [0.15, 0.2) is 42.9 Å². The average molecular weight is 239 g/mol. The standard InChI is InChI=1S/C13H13N5/c1-18-12-5-3-2-4-10(12)11(17-18)8-16-13-9-14-6-7-15-13/h2-7,9H,8H2,1H3,(H,15,16). The van der Waals surface area contributed by atoms with Crippen molar-refractivity contribution in [3.8, 4) is 0 Å². The fourth-order valence-corrected chi connectivity index (χ4v) is 1.98. The molecular formula is C13H13N5. The van der Waals surface area contributed by atoms with Crippen LogP contribution in [0.1, 0.15) is 5.69 Å². The molecular weight excluding hydrogens is 226 g/mol. The maximum atomic E-state index is 4.51. The zero-order valence-corrected chi connectivity index (χ0v) is 10.0. The van der Waals surface area contributed by atoms with Crippen molar-refractivity contribution >= 4 is 16.7 Å². The maximum Gasteiger partial charge on any atom is 0.144 e. The van der Waals surface area contributed by atoms with Gasteiger partial charge in [0.05, 0.1) is 24.0 Å². The van der Waals surface area contributed by atoms with Crippen LogP contribution in [0.25, 0.3) is 10.9 Å². The Bertz CT molecular complexity index is 659. The van der Waals surface area contributed by atoms with E-state index in [0.717, 1.165) is 22.4 Å². The summed E-state index contributed by atoms with van der Waals surface area (Å²) in [6.07, 6.45) is 5.02. The summed E-state index contributed by atoms with van der Waals surface area (Å²) in [6, 6.07) is 8.18. The fraction of sp³-hybridized carbons (Fsp3) is 0.154. The van der Waals surface area contributed by atoms with E-state index in [1.165, 1.54) is 0 Å². The van der Waals surface area contributed by atoms with Crippen LogP contribution in [0.5, 0.6) is 0 Å². The van der Waals surface area contributed by atoms with Crippen LogP contribution in [0.3, 0.4) is 0 Å². The van der Waals surface area contributed by atoms with Gasteiger partial charge in [-0.15, -0.1) is 0 Å². The van der Waals surface area contributed by atoms with E-state index in [-0.39, 0.29) is 0 Å². The molecule has 1 aromatic carbocycles. The van der Waals surface area contributed by atoms with Crippen molar-refractivity contribution in [1.29, 1.82) is 0 Å². The average Bonchev–Trinajstić information content (AvgIpc) is 2.75. The number of hydrogen-bond acceptors (Lipinski definition) is 4. The quantitative estimate of drug-likeness (QED) is 0.759. The van der Waals surface area contributed by atoms with Crippen molar-refractivity contribution in [2.75, 3.05) is 5.32 Å². The summed E-state index contributed by atoms with van der Waals surface area (Å²) >= 11 is 0. The van der Waals surface area contributed by atoms with Crippen LogP contribution < -0.4 is 5.32 Å². The fourth-order valence-electron chi connectivity index (χ4n) is 1.98. The number of rotatable bonds is 3. The molecule has 1 N–H and O–H groups in total. The third kappa shape index (κ3) is 1.90. The zero-order chi connectivity index (χ0) is 12.4. The Balaban J connectivity index is 1.87. The molecule has 2 aromatic heterocycles. The monoisotopic (exact) mass is 239 g/mol. The van der Waals surface area contributed by atoms with Crippen molar-refractivity contribution < 1.29 is 0 Å². The van der Waals surface area contributed by atoms with Crippen molar-refractivity contribution in [2.45, 2.75) is 6.54 Å². The van der Waals surface area contributed by atoms with Gasteiger partial charge < -0.3 is 5.32 Å². The molecule has 0 unspecified atom stereocenters. The van der Waals surface area contributed by atoms with E-state index < -0.39 is 0 Å². The van der Waals surface area contributed by atoms with Gasteiger partial charge in [-0.2, -0.15) is 5.10 Å². The number of aromatic nitrogens is 4. The minimum Gasteiger partial charge on any atom is -0.363 e. The highest BCUT2D eigenvalue weighted by atomic mass is 15.3. The third-order valence-electron chi connectivity index (χ3n) is 2.83. The minimum absolute atomic E-state index is 0.639. The molecule has 0 saturated carbocycles. The van der Waals surface area contributed by atoms with Crippen molar-refractivity contribution in [3.63, 3.8) is 0 Å². The van der Waals surface area contributed by atoms with Crippen molar-refractivity contribution in [1.82, 2.24) is 19.7 Å². The van der Waals surface area contributed by atoms with Gasteiger partial charge in [0.2, 0.25) is 0 Å². The molecule has 2 heterocycles. The van der Waals surface area contributed by atoms with E-state index >= 15 is 0 Å². The predicted octanol–water partition coefficient (Wildman–Crippen LogP) is 1.98. The van der Waals surface area contributed by atoms with Crippen LogP contribution in [0.4, 0.5) is 5.82 Å². The molecule has 0 amide bonds. The number of anilines is 1. The summed E-state index contributed by atoms with van der Waals surface area (Å²) in [6.45, 7) is 0.639. The highest BCUT2D eigenvalue weighted by Crippen LogP contribution is 2.17. The van der Waals surface area contributed by atoms with E-state index in [0.29, 0.717) is 6.54 Å². The SMILES string of the molecule is Cn1nc(CNc2cnccn2)c2ccccc21. The summed E-state index contributed by atoms with van der Waals surface area (Å²) in [5, 5.41) is 8.89. The van der Waals surface area contributed by atoms with Crippen LogP contribution in [0.2, 0.25) is 0 Å². The molecule has 0 aliphatic heterocycles. The van der Waals surface area contributed by atoms with Gasteiger partial charge in [0, 0.05) is 24.8 Å². The lowest BCUT2D eigenvalue weighted by Gasteiger charge is -2.02. The van der Waals surface area contributed by atoms with Crippen LogP contribution in [-0.4, -0.2) is 19.7 Å². The lowest BCUT2D eigenvalue weighted by atomic mass is 10.2. The molecule has 90 valence electrons. The first-order valence-electron chi connectivity index (χ1n) is 5.75. The van der Waals surface area contributed by atoms with Crippen LogP contribution in [0, 0.1) is 0 Å². The summed E-state index contributed by atoms with van der Waals surface area (Å²) in [7, 11) is 1.95. The number of benzene rings is 1. The highest BCUT2D eigenvalue weighted by molar-refractivity contribution is 5.82. The van der Waals surface area contributed by atoms with E-state index in [1.54, 1.807) is 18.6 Å². The molecule has 0 aliphatic carbocycles. The van der Waals surface area contributed by atoms with Gasteiger partial charge in [-0.3, -0.25) is 9.67 Å². The Hall–Kier alpha value is -2.43. The van der Waals surface area contributed by atoms with Gasteiger partial charge >= 0.3 is 0 Å². The Morgan fingerprint density at radius 1 is 1.22 bits per heavy atom. The third-order valence-corrected chi connectivity index (χ3v) is 2.83. The zero-order valence-electron chi connectivity index (χ0n) is 10.0. The van der Waals surface area contributed by atoms with Crippen molar-refractivity contribution in [2.24, 2.45) is 7.05 Å². The molecule has 0 spiro atoms. The van der Waals surface area contributed by atoms with Gasteiger partial charge in [-0.1, -0.05) is 18.2 Å². The van der Waals surface area contributed by atoms with E-state index in [9.17, 15) is 0 Å². The molecule has 0 bridgehead atoms. The number of nitrogens with zero attached hydrogens (tertiary/aromatic N) is 4. The molecule has 0 atom stereocenters. The van der Waals surface area contributed by atoms with E-state index in [4.69, 9.17) is 0 Å². The van der Waals surface area contributed by atoms with Gasteiger partial charge in [-0.25, -0.2) is 4.98 Å². The van der Waals surface area contributed by atoms with E-state index in [2.05, 4.69) is 32.5 Å². The minimum atomic E-state index is 0.639. The predicted molar refractivity (Wildman–Crippen MR) is 70.1 cm³/mol. The Morgan fingerprint density at radius 3 is 2.94 bits per heavy atom. The molecule has 3 rings (SSSR count). The number of fused-ring (bicyclic) bond motifs is 1. The highest BCUT2D eigenvalue weighted by Gasteiger charge is 2.07. The molecule has 5 heteroatoms. The summed E-state index contributed by atoms with van der Waals surface area (Å²) in [5.41, 5.74) is 2.15. The van der Waals surface area contributed by atoms with E-state index in [1.807, 2.05) is 23.9 Å². The number of aryl methyl sites for hydroxylation is 1. The molecule has 3 aromatic rings. The van der Waals surface area contributed by atoms with Gasteiger partial charge in [0.15, 0.2) is 0 Å². The molecule has 0 aliphatic rings. The second-order valence-corrected chi connectivity index (χ2v) is 4.03. The number of para-hydroxylation sites is 1. The van der Waals surface area contributed by atoms with Crippen LogP contribution in [-0.2, 0) is 13.6 Å². The first kappa shape index (κ1) is 10.7. The Labute approximate surface area is 104 Å². The lowest BCUT2D eigenvalue weighted by molar-refractivity contribution is 0.771.